The molecule has 0 saturated heterocycles. The van der Waals surface area contributed by atoms with Gasteiger partial charge in [-0.1, -0.05) is 24.3 Å². The number of benzene rings is 8. The van der Waals surface area contributed by atoms with Crippen LogP contribution in [0.25, 0.3) is 0 Å². The Morgan fingerprint density at radius 2 is 0.458 bits per heavy atom. The van der Waals surface area contributed by atoms with Crippen molar-refractivity contribution < 1.29 is 97.7 Å². The first-order chi connectivity index (χ1) is 46.4. The average Bonchev–Trinajstić information content (AvgIpc) is 1.43. The molecular weight excluding hydrogens is 1230 g/mol. The molecule has 8 N–H and O–H groups in total. The molecule has 20 heteroatoms. The van der Waals surface area contributed by atoms with Crippen molar-refractivity contribution >= 4 is 0 Å². The van der Waals surface area contributed by atoms with Gasteiger partial charge < -0.3 is 97.7 Å². The van der Waals surface area contributed by atoms with Crippen molar-refractivity contribution in [2.75, 3.05) is 83.3 Å². The van der Waals surface area contributed by atoms with Crippen LogP contribution in [0.15, 0.2) is 146 Å². The topological polar surface area (TPSA) is 273 Å². The van der Waals surface area contributed by atoms with Gasteiger partial charge in [0.15, 0.2) is 46.0 Å². The number of aromatic hydroxyl groups is 8. The van der Waals surface area contributed by atoms with Crippen LogP contribution in [-0.4, -0.2) is 124 Å². The molecule has 0 spiro atoms. The summed E-state index contributed by atoms with van der Waals surface area (Å²) in [7, 11) is 12.9. The molecule has 0 aliphatic carbocycles. The van der Waals surface area contributed by atoms with Gasteiger partial charge in [0.05, 0.1) is 96.5 Å². The van der Waals surface area contributed by atoms with Crippen LogP contribution in [0.4, 0.5) is 0 Å². The second-order valence-corrected chi connectivity index (χ2v) is 23.5. The van der Waals surface area contributed by atoms with E-state index in [9.17, 15) is 40.9 Å². The third-order valence-corrected chi connectivity index (χ3v) is 16.6. The van der Waals surface area contributed by atoms with Crippen LogP contribution < -0.4 is 37.9 Å². The molecule has 4 atom stereocenters. The maximum absolute atomic E-state index is 10.2. The first-order valence-electron chi connectivity index (χ1n) is 31.6. The number of hydrogen-bond acceptors (Lipinski definition) is 20. The lowest BCUT2D eigenvalue weighted by molar-refractivity contribution is 0.0578. The zero-order chi connectivity index (χ0) is 68.9. The zero-order valence-corrected chi connectivity index (χ0v) is 56.0. The molecule has 0 fully saturated rings. The van der Waals surface area contributed by atoms with E-state index >= 15 is 0 Å². The van der Waals surface area contributed by atoms with Crippen LogP contribution in [0.1, 0.15) is 70.2 Å². The van der Waals surface area contributed by atoms with Gasteiger partial charge in [-0.15, -0.1) is 0 Å². The third kappa shape index (κ3) is 23.4. The molecule has 0 saturated carbocycles. The van der Waals surface area contributed by atoms with Gasteiger partial charge in [0.25, 0.3) is 0 Å². The van der Waals surface area contributed by atoms with Crippen molar-refractivity contribution in [1.29, 1.82) is 0 Å². The fourth-order valence-electron chi connectivity index (χ4n) is 11.5. The summed E-state index contributed by atoms with van der Waals surface area (Å²) in [5.41, 5.74) is 7.12. The van der Waals surface area contributed by atoms with E-state index in [0.717, 1.165) is 70.2 Å². The lowest BCUT2D eigenvalue weighted by Crippen LogP contribution is -2.25. The number of rotatable bonds is 38. The van der Waals surface area contributed by atoms with E-state index in [2.05, 4.69) is 0 Å². The standard InChI is InChI=1S/2C38H46O10/c2*1-43-31-14-27(15-32(20-31)44-2)22-47-11-5-6-29(12-25-7-9-35(39)37(41)18-25)30(13-26-8-10-36(40)38(42)19-26)24-48-23-28-16-33(45-3)21-34(17-28)46-4/h2*7-10,14-21,29-30,39-42H,5-6,11-13,22-24H2,1-4H3/t2*29-,30+/m10/s1. The normalized spacial score (nSPS) is 12.3. The second-order valence-electron chi connectivity index (χ2n) is 23.5. The molecule has 516 valence electrons. The second kappa shape index (κ2) is 38.1. The Kier molecular flexibility index (Phi) is 29.3. The van der Waals surface area contributed by atoms with Crippen LogP contribution in [-0.2, 0) is 71.1 Å². The maximum atomic E-state index is 10.2. The predicted octanol–water partition coefficient (Wildman–Crippen LogP) is 13.5. The minimum atomic E-state index is -0.182. The van der Waals surface area contributed by atoms with Gasteiger partial charge in [0.1, 0.15) is 46.0 Å². The zero-order valence-electron chi connectivity index (χ0n) is 56.0. The number of methoxy groups -OCH3 is 8. The highest BCUT2D eigenvalue weighted by Gasteiger charge is 2.26. The molecule has 0 aliphatic rings. The average molecular weight is 1330 g/mol. The molecule has 0 heterocycles. The van der Waals surface area contributed by atoms with Gasteiger partial charge in [-0.05, 0) is 217 Å². The van der Waals surface area contributed by atoms with Crippen molar-refractivity contribution in [3.8, 4) is 92.0 Å². The van der Waals surface area contributed by atoms with Crippen LogP contribution in [0.5, 0.6) is 92.0 Å². The SMILES string of the molecule is COc1cc(COCCC[C@@H](Cc2ccc(O)c(O)c2)[C@@H](COCc2cc(OC)cc(OC)c2)Cc2ccc(O)c(O)c2)cc(OC)c1.COc1cc(COCCC[C@H](Cc2ccc(O)c(O)c2)[C@H](COCc2cc(OC)cc(OC)c2)Cc2ccc(O)c(O)c2)cc(OC)c1. The van der Waals surface area contributed by atoms with Crippen molar-refractivity contribution in [1.82, 2.24) is 0 Å². The Balaban J connectivity index is 0.000000271. The number of phenolic OH excluding ortho intramolecular Hbond substituents is 8. The van der Waals surface area contributed by atoms with Crippen LogP contribution in [0, 0.1) is 23.7 Å². The minimum Gasteiger partial charge on any atom is -0.504 e. The third-order valence-electron chi connectivity index (χ3n) is 16.6. The van der Waals surface area contributed by atoms with Crippen molar-refractivity contribution in [3.63, 3.8) is 0 Å². The summed E-state index contributed by atoms with van der Waals surface area (Å²) in [4.78, 5) is 0. The monoisotopic (exact) mass is 1320 g/mol. The Hall–Kier alpha value is -9.60. The molecule has 8 aromatic rings. The van der Waals surface area contributed by atoms with Crippen molar-refractivity contribution in [2.24, 2.45) is 23.7 Å². The van der Waals surface area contributed by atoms with E-state index in [-0.39, 0.29) is 69.7 Å². The van der Waals surface area contributed by atoms with Gasteiger partial charge in [0, 0.05) is 37.5 Å². The molecule has 0 unspecified atom stereocenters. The van der Waals surface area contributed by atoms with E-state index < -0.39 is 0 Å². The van der Waals surface area contributed by atoms with Crippen LogP contribution in [0.2, 0.25) is 0 Å². The summed E-state index contributed by atoms with van der Waals surface area (Å²) in [6.45, 7) is 3.24. The smallest absolute Gasteiger partial charge is 0.157 e. The molecule has 0 aromatic heterocycles. The predicted molar refractivity (Wildman–Crippen MR) is 363 cm³/mol. The highest BCUT2D eigenvalue weighted by Crippen LogP contribution is 2.37. The Morgan fingerprint density at radius 3 is 0.677 bits per heavy atom. The summed E-state index contributed by atoms with van der Waals surface area (Å²) in [5, 5.41) is 80.7. The number of phenols is 8. The molecule has 0 aliphatic heterocycles. The molecule has 8 rings (SSSR count). The van der Waals surface area contributed by atoms with Crippen LogP contribution in [0.3, 0.4) is 0 Å². The van der Waals surface area contributed by atoms with Crippen molar-refractivity contribution in [3.05, 3.63) is 190 Å². The quantitative estimate of drug-likeness (QED) is 0.0132. The molecule has 0 bridgehead atoms. The summed E-state index contributed by atoms with van der Waals surface area (Å²) in [6.07, 6.45) is 5.38. The first kappa shape index (κ1) is 73.8. The molecule has 8 aromatic carbocycles. The molecule has 0 radical (unpaired) electrons. The lowest BCUT2D eigenvalue weighted by atomic mass is 9.80. The first-order valence-corrected chi connectivity index (χ1v) is 31.6. The van der Waals surface area contributed by atoms with E-state index in [0.29, 0.717) is 125 Å². The number of ether oxygens (including phenoxy) is 12. The summed E-state index contributed by atoms with van der Waals surface area (Å²) < 4.78 is 68.0. The van der Waals surface area contributed by atoms with E-state index in [1.807, 2.05) is 72.8 Å². The van der Waals surface area contributed by atoms with Gasteiger partial charge >= 0.3 is 0 Å². The Morgan fingerprint density at radius 1 is 0.240 bits per heavy atom. The number of hydrogen-bond donors (Lipinski definition) is 8. The fraction of sp³-hybridized carbons (Fsp3) is 0.368. The Labute approximate surface area is 562 Å². The molecule has 20 nitrogen and oxygen atoms in total. The van der Waals surface area contributed by atoms with E-state index in [1.54, 1.807) is 105 Å². The summed E-state index contributed by atoms with van der Waals surface area (Å²) >= 11 is 0. The van der Waals surface area contributed by atoms with Gasteiger partial charge in [-0.25, -0.2) is 0 Å². The summed E-state index contributed by atoms with van der Waals surface area (Å²) in [6, 6.07) is 42.0. The lowest BCUT2D eigenvalue weighted by Gasteiger charge is -2.28. The van der Waals surface area contributed by atoms with Gasteiger partial charge in [0.2, 0.25) is 0 Å². The van der Waals surface area contributed by atoms with Gasteiger partial charge in [-0.3, -0.25) is 0 Å². The fourth-order valence-corrected chi connectivity index (χ4v) is 11.5. The molecule has 0 amide bonds. The van der Waals surface area contributed by atoms with E-state index in [1.165, 1.54) is 24.3 Å². The highest BCUT2D eigenvalue weighted by molar-refractivity contribution is 5.45. The largest absolute Gasteiger partial charge is 0.504 e. The van der Waals surface area contributed by atoms with E-state index in [4.69, 9.17) is 56.8 Å². The maximum Gasteiger partial charge on any atom is 0.157 e. The molecule has 96 heavy (non-hydrogen) atoms. The van der Waals surface area contributed by atoms with Crippen LogP contribution >= 0.6 is 0 Å². The Bertz CT molecular complexity index is 3360. The highest BCUT2D eigenvalue weighted by atomic mass is 16.5. The van der Waals surface area contributed by atoms with Crippen molar-refractivity contribution in [2.45, 2.75) is 77.8 Å². The summed E-state index contributed by atoms with van der Waals surface area (Å²) in [5.74, 6) is 4.09. The minimum absolute atomic E-state index is 0.0277. The van der Waals surface area contributed by atoms with Gasteiger partial charge in [-0.2, -0.15) is 0 Å². The molecular formula is C76H92O20.